The van der Waals surface area contributed by atoms with Crippen molar-refractivity contribution < 1.29 is 32.9 Å². The van der Waals surface area contributed by atoms with Crippen LogP contribution >= 0.6 is 7.82 Å². The van der Waals surface area contributed by atoms with E-state index in [1.807, 2.05) is 27.2 Å². The summed E-state index contributed by atoms with van der Waals surface area (Å²) >= 11 is 0. The van der Waals surface area contributed by atoms with E-state index >= 15 is 0 Å². The summed E-state index contributed by atoms with van der Waals surface area (Å²) in [4.78, 5) is 25.2. The quantitative estimate of drug-likeness (QED) is 0.0272. The first-order valence-corrected chi connectivity index (χ1v) is 29.8. The number of rotatable bonds is 52. The molecule has 0 aromatic rings. The SMILES string of the molecule is CCC/C=C/CC/C=C/C(O)C(COP(=O)([O-])OCC[N+](C)(C)C)NC(=O)CCCCCCCCCCCCCCCCCCCCCCCCCCC/C=C\CCCCCCCCCC. The first-order valence-electron chi connectivity index (χ1n) is 28.4. The fourth-order valence-electron chi connectivity index (χ4n) is 8.35. The molecule has 0 aliphatic heterocycles. The van der Waals surface area contributed by atoms with Gasteiger partial charge in [0.05, 0.1) is 39.9 Å². The molecule has 0 aromatic heterocycles. The Morgan fingerprint density at radius 1 is 0.515 bits per heavy atom. The van der Waals surface area contributed by atoms with Gasteiger partial charge in [0.2, 0.25) is 5.91 Å². The normalized spacial score (nSPS) is 14.2. The van der Waals surface area contributed by atoms with Crippen molar-refractivity contribution in [3.05, 3.63) is 36.5 Å². The number of quaternary nitrogens is 1. The van der Waals surface area contributed by atoms with Gasteiger partial charge < -0.3 is 28.8 Å². The van der Waals surface area contributed by atoms with Gasteiger partial charge in [0.1, 0.15) is 13.2 Å². The van der Waals surface area contributed by atoms with E-state index in [-0.39, 0.29) is 12.5 Å². The summed E-state index contributed by atoms with van der Waals surface area (Å²) in [6, 6.07) is -0.898. The number of aliphatic hydroxyl groups is 1. The van der Waals surface area contributed by atoms with Crippen molar-refractivity contribution in [1.29, 1.82) is 0 Å². The van der Waals surface area contributed by atoms with Crippen LogP contribution in [0.3, 0.4) is 0 Å². The van der Waals surface area contributed by atoms with Gasteiger partial charge in [-0.15, -0.1) is 0 Å². The first kappa shape index (κ1) is 64.7. The Bertz CT molecular complexity index is 1170. The van der Waals surface area contributed by atoms with Gasteiger partial charge in [-0.3, -0.25) is 9.36 Å². The number of nitrogens with one attached hydrogen (secondary N) is 1. The third kappa shape index (κ3) is 50.6. The molecule has 1 amide bonds. The molecule has 0 aromatic carbocycles. The van der Waals surface area contributed by atoms with Gasteiger partial charge in [-0.2, -0.15) is 0 Å². The minimum absolute atomic E-state index is 0.00563. The Morgan fingerprint density at radius 3 is 1.29 bits per heavy atom. The Labute approximate surface area is 410 Å². The van der Waals surface area contributed by atoms with Gasteiger partial charge in [0.15, 0.2) is 0 Å². The predicted octanol–water partition coefficient (Wildman–Crippen LogP) is 16.4. The summed E-state index contributed by atoms with van der Waals surface area (Å²) in [6.07, 6.45) is 63.0. The van der Waals surface area contributed by atoms with Crippen molar-refractivity contribution in [3.63, 3.8) is 0 Å². The van der Waals surface area contributed by atoms with Crippen LogP contribution in [-0.4, -0.2) is 68.5 Å². The number of hydrogen-bond donors (Lipinski definition) is 2. The van der Waals surface area contributed by atoms with Crippen LogP contribution in [0.4, 0.5) is 0 Å². The summed E-state index contributed by atoms with van der Waals surface area (Å²) in [7, 11) is 1.25. The zero-order valence-electron chi connectivity index (χ0n) is 44.4. The Kier molecular flexibility index (Phi) is 47.8. The fraction of sp³-hybridized carbons (Fsp3) is 0.877. The standard InChI is InChI=1S/C57H111N2O6P/c1-6-8-10-12-14-15-16-17-18-19-20-21-22-23-24-25-26-27-28-29-30-31-32-33-34-35-36-37-38-39-40-41-42-43-45-47-49-51-57(61)58-55(56(60)50-48-46-44-13-11-9-7-2)54-65-66(62,63)64-53-52-59(3,4)5/h11,13,19-20,48,50,55-56,60H,6-10,12,14-18,21-47,49,51-54H2,1-5H3,(H-,58,61,62,63)/b13-11+,20-19-,50-48+. The molecule has 0 fully saturated rings. The van der Waals surface area contributed by atoms with Crippen LogP contribution in [0, 0.1) is 0 Å². The molecular formula is C57H111N2O6P. The number of amides is 1. The van der Waals surface area contributed by atoms with Crippen LogP contribution < -0.4 is 10.2 Å². The second kappa shape index (κ2) is 48.7. The van der Waals surface area contributed by atoms with Gasteiger partial charge in [-0.05, 0) is 51.4 Å². The number of hydrogen-bond acceptors (Lipinski definition) is 6. The number of carbonyl (C=O) groups excluding carboxylic acids is 1. The maximum atomic E-state index is 12.8. The molecule has 0 radical (unpaired) electrons. The van der Waals surface area contributed by atoms with Gasteiger partial charge in [0, 0.05) is 6.42 Å². The molecule has 3 unspecified atom stereocenters. The highest BCUT2D eigenvalue weighted by molar-refractivity contribution is 7.45. The number of phosphoric ester groups is 1. The zero-order chi connectivity index (χ0) is 48.5. The smallest absolute Gasteiger partial charge is 0.268 e. The van der Waals surface area contributed by atoms with E-state index < -0.39 is 26.6 Å². The van der Waals surface area contributed by atoms with Crippen LogP contribution in [0.15, 0.2) is 36.5 Å². The number of allylic oxidation sites excluding steroid dienone is 5. The van der Waals surface area contributed by atoms with Crippen LogP contribution in [0.2, 0.25) is 0 Å². The van der Waals surface area contributed by atoms with Crippen molar-refractivity contribution in [3.8, 4) is 0 Å². The molecular weight excluding hydrogens is 840 g/mol. The van der Waals surface area contributed by atoms with Crippen LogP contribution in [0.25, 0.3) is 0 Å². The van der Waals surface area contributed by atoms with E-state index in [2.05, 4.69) is 43.5 Å². The van der Waals surface area contributed by atoms with Crippen molar-refractivity contribution >= 4 is 13.7 Å². The molecule has 0 heterocycles. The third-order valence-electron chi connectivity index (χ3n) is 12.8. The molecule has 390 valence electrons. The van der Waals surface area contributed by atoms with Crippen molar-refractivity contribution in [2.45, 2.75) is 283 Å². The number of nitrogens with zero attached hydrogens (tertiary/aromatic N) is 1. The average molecular weight is 951 g/mol. The molecule has 0 aliphatic carbocycles. The Balaban J connectivity index is 3.76. The van der Waals surface area contributed by atoms with E-state index in [1.165, 1.54) is 205 Å². The first-order chi connectivity index (χ1) is 32.0. The average Bonchev–Trinajstić information content (AvgIpc) is 3.28. The summed E-state index contributed by atoms with van der Waals surface area (Å²) in [6.45, 7) is 4.53. The summed E-state index contributed by atoms with van der Waals surface area (Å²) < 4.78 is 23.1. The number of carbonyl (C=O) groups is 1. The molecule has 0 bridgehead atoms. The highest BCUT2D eigenvalue weighted by Crippen LogP contribution is 2.38. The summed E-state index contributed by atoms with van der Waals surface area (Å²) in [5, 5.41) is 13.7. The van der Waals surface area contributed by atoms with Gasteiger partial charge in [-0.25, -0.2) is 0 Å². The minimum atomic E-state index is -4.59. The van der Waals surface area contributed by atoms with E-state index in [0.717, 1.165) is 44.9 Å². The lowest BCUT2D eigenvalue weighted by molar-refractivity contribution is -0.870. The van der Waals surface area contributed by atoms with E-state index in [0.29, 0.717) is 17.4 Å². The number of aliphatic hydroxyl groups excluding tert-OH is 1. The monoisotopic (exact) mass is 951 g/mol. The highest BCUT2D eigenvalue weighted by atomic mass is 31.2. The molecule has 3 atom stereocenters. The topological polar surface area (TPSA) is 108 Å². The highest BCUT2D eigenvalue weighted by Gasteiger charge is 2.23. The van der Waals surface area contributed by atoms with Gasteiger partial charge >= 0.3 is 0 Å². The summed E-state index contributed by atoms with van der Waals surface area (Å²) in [5.41, 5.74) is 0. The Morgan fingerprint density at radius 2 is 0.879 bits per heavy atom. The van der Waals surface area contributed by atoms with Crippen molar-refractivity contribution in [2.24, 2.45) is 0 Å². The number of phosphoric acid groups is 1. The van der Waals surface area contributed by atoms with Crippen LogP contribution in [-0.2, 0) is 18.4 Å². The third-order valence-corrected chi connectivity index (χ3v) is 13.8. The van der Waals surface area contributed by atoms with E-state index in [4.69, 9.17) is 9.05 Å². The lowest BCUT2D eigenvalue weighted by Gasteiger charge is -2.29. The molecule has 66 heavy (non-hydrogen) atoms. The van der Waals surface area contributed by atoms with Crippen molar-refractivity contribution in [1.82, 2.24) is 5.32 Å². The molecule has 2 N–H and O–H groups in total. The van der Waals surface area contributed by atoms with Gasteiger partial charge in [-0.1, -0.05) is 249 Å². The molecule has 8 nitrogen and oxygen atoms in total. The zero-order valence-corrected chi connectivity index (χ0v) is 45.3. The van der Waals surface area contributed by atoms with Crippen LogP contribution in [0.1, 0.15) is 271 Å². The van der Waals surface area contributed by atoms with E-state index in [9.17, 15) is 19.4 Å². The number of unbranched alkanes of at least 4 members (excludes halogenated alkanes) is 35. The lowest BCUT2D eigenvalue weighted by atomic mass is 10.0. The van der Waals surface area contributed by atoms with Crippen LogP contribution in [0.5, 0.6) is 0 Å². The molecule has 0 saturated carbocycles. The molecule has 0 saturated heterocycles. The van der Waals surface area contributed by atoms with E-state index in [1.54, 1.807) is 6.08 Å². The number of likely N-dealkylation sites (N-methyl/N-ethyl adjacent to an activating group) is 1. The second-order valence-corrected chi connectivity index (χ2v) is 22.0. The Hall–Kier alpha value is -1.28. The molecule has 0 spiro atoms. The maximum Gasteiger partial charge on any atom is 0.268 e. The fourth-order valence-corrected chi connectivity index (χ4v) is 9.07. The van der Waals surface area contributed by atoms with Crippen molar-refractivity contribution in [2.75, 3.05) is 40.9 Å². The largest absolute Gasteiger partial charge is 0.756 e. The lowest BCUT2D eigenvalue weighted by Crippen LogP contribution is -2.45. The second-order valence-electron chi connectivity index (χ2n) is 20.6. The molecule has 0 aliphatic rings. The summed E-state index contributed by atoms with van der Waals surface area (Å²) in [5.74, 6) is -0.208. The minimum Gasteiger partial charge on any atom is -0.756 e. The predicted molar refractivity (Wildman–Crippen MR) is 284 cm³/mol. The van der Waals surface area contributed by atoms with Gasteiger partial charge in [0.25, 0.3) is 7.82 Å². The molecule has 9 heteroatoms. The molecule has 0 rings (SSSR count). The maximum absolute atomic E-state index is 12.8.